The Balaban J connectivity index is 3.37. The molecule has 40 heavy (non-hydrogen) atoms. The van der Waals surface area contributed by atoms with Crippen LogP contribution in [-0.2, 0) is 4.79 Å². The molecule has 2 nitrogen and oxygen atoms in total. The fourth-order valence-electron chi connectivity index (χ4n) is 6.27. The van der Waals surface area contributed by atoms with Crippen LogP contribution in [0.2, 0.25) is 0 Å². The Hall–Kier alpha value is -0.530. The van der Waals surface area contributed by atoms with E-state index in [2.05, 4.69) is 13.8 Å². The van der Waals surface area contributed by atoms with Crippen molar-refractivity contribution in [2.75, 3.05) is 0 Å². The molecule has 0 aliphatic rings. The van der Waals surface area contributed by atoms with Gasteiger partial charge in [0.15, 0.2) is 0 Å². The molecule has 0 rings (SSSR count). The molecule has 240 valence electrons. The number of aliphatic carboxylic acids is 1. The van der Waals surface area contributed by atoms with Gasteiger partial charge in [0.2, 0.25) is 0 Å². The fraction of sp³-hybridized carbons (Fsp3) is 0.974. The Morgan fingerprint density at radius 2 is 0.525 bits per heavy atom. The summed E-state index contributed by atoms with van der Waals surface area (Å²) in [4.78, 5) is 11.7. The molecular formula is C38H76O2. The molecule has 1 N–H and O–H groups in total. The van der Waals surface area contributed by atoms with Crippen LogP contribution in [-0.4, -0.2) is 11.1 Å². The lowest BCUT2D eigenvalue weighted by atomic mass is 9.94. The van der Waals surface area contributed by atoms with E-state index in [1.807, 2.05) is 0 Å². The average molecular weight is 565 g/mol. The molecule has 0 aliphatic heterocycles. The second kappa shape index (κ2) is 34.7. The van der Waals surface area contributed by atoms with Crippen molar-refractivity contribution >= 4 is 5.97 Å². The van der Waals surface area contributed by atoms with Gasteiger partial charge in [-0.1, -0.05) is 219 Å². The summed E-state index contributed by atoms with van der Waals surface area (Å²) in [6.07, 6.45) is 45.8. The number of unbranched alkanes of at least 4 members (excludes halogenated alkanes) is 30. The lowest BCUT2D eigenvalue weighted by Crippen LogP contribution is -2.13. The Morgan fingerprint density at radius 3 is 0.700 bits per heavy atom. The van der Waals surface area contributed by atoms with Gasteiger partial charge in [0.05, 0.1) is 5.92 Å². The molecule has 0 aromatic rings. The van der Waals surface area contributed by atoms with Crippen LogP contribution in [0.5, 0.6) is 0 Å². The standard InChI is InChI=1S/C38H76O2/c1-3-5-7-9-11-13-15-17-19-20-22-24-26-28-30-32-34-36-37(38(39)40)35-33-31-29-27-25-23-21-18-16-14-12-10-8-6-4-2/h37H,3-36H2,1-2H3,(H,39,40). The molecule has 0 fully saturated rings. The number of rotatable bonds is 35. The quantitative estimate of drug-likeness (QED) is 0.0777. The average Bonchev–Trinajstić information content (AvgIpc) is 2.95. The molecule has 0 aliphatic carbocycles. The van der Waals surface area contributed by atoms with Crippen LogP contribution in [0, 0.1) is 5.92 Å². The van der Waals surface area contributed by atoms with Crippen LogP contribution in [0.3, 0.4) is 0 Å². The first kappa shape index (κ1) is 39.5. The topological polar surface area (TPSA) is 37.3 Å². The predicted molar refractivity (Wildman–Crippen MR) is 179 cm³/mol. The first-order chi connectivity index (χ1) is 19.7. The van der Waals surface area contributed by atoms with Crippen molar-refractivity contribution in [2.45, 2.75) is 232 Å². The van der Waals surface area contributed by atoms with E-state index in [1.165, 1.54) is 193 Å². The van der Waals surface area contributed by atoms with Crippen LogP contribution in [0.4, 0.5) is 0 Å². The molecule has 0 saturated heterocycles. The highest BCUT2D eigenvalue weighted by Gasteiger charge is 2.16. The summed E-state index contributed by atoms with van der Waals surface area (Å²) in [7, 11) is 0. The molecule has 0 amide bonds. The van der Waals surface area contributed by atoms with E-state index in [4.69, 9.17) is 0 Å². The van der Waals surface area contributed by atoms with Gasteiger partial charge >= 0.3 is 5.97 Å². The maximum atomic E-state index is 11.7. The molecule has 0 aromatic carbocycles. The van der Waals surface area contributed by atoms with Gasteiger partial charge in [-0.05, 0) is 12.8 Å². The Labute approximate surface area is 253 Å². The Bertz CT molecular complexity index is 474. The molecule has 1 atom stereocenters. The minimum Gasteiger partial charge on any atom is -0.481 e. The van der Waals surface area contributed by atoms with Crippen molar-refractivity contribution in [3.05, 3.63) is 0 Å². The van der Waals surface area contributed by atoms with E-state index in [9.17, 15) is 9.90 Å². The van der Waals surface area contributed by atoms with Gasteiger partial charge in [-0.3, -0.25) is 4.79 Å². The van der Waals surface area contributed by atoms with Gasteiger partial charge in [0.25, 0.3) is 0 Å². The molecule has 0 spiro atoms. The van der Waals surface area contributed by atoms with E-state index in [1.54, 1.807) is 0 Å². The molecule has 0 bridgehead atoms. The van der Waals surface area contributed by atoms with Crippen LogP contribution < -0.4 is 0 Å². The molecule has 0 aromatic heterocycles. The summed E-state index contributed by atoms with van der Waals surface area (Å²) in [5.41, 5.74) is 0. The molecular weight excluding hydrogens is 488 g/mol. The minimum absolute atomic E-state index is 0.0988. The summed E-state index contributed by atoms with van der Waals surface area (Å²) in [5, 5.41) is 9.62. The summed E-state index contributed by atoms with van der Waals surface area (Å²) in [6.45, 7) is 4.58. The first-order valence-electron chi connectivity index (χ1n) is 18.9. The zero-order valence-corrected chi connectivity index (χ0v) is 28.0. The molecule has 0 heterocycles. The largest absolute Gasteiger partial charge is 0.481 e. The normalized spacial score (nSPS) is 12.2. The molecule has 2 heteroatoms. The van der Waals surface area contributed by atoms with Crippen LogP contribution in [0.25, 0.3) is 0 Å². The number of carbonyl (C=O) groups is 1. The summed E-state index contributed by atoms with van der Waals surface area (Å²) < 4.78 is 0. The Kier molecular flexibility index (Phi) is 34.2. The minimum atomic E-state index is -0.554. The maximum absolute atomic E-state index is 11.7. The van der Waals surface area contributed by atoms with E-state index in [0.29, 0.717) is 0 Å². The van der Waals surface area contributed by atoms with Crippen LogP contribution >= 0.6 is 0 Å². The van der Waals surface area contributed by atoms with Crippen molar-refractivity contribution in [3.63, 3.8) is 0 Å². The SMILES string of the molecule is CCCCCCCCCCCCCCCCCCCC(CCCCCCCCCCCCCCCCC)C(=O)O. The van der Waals surface area contributed by atoms with Gasteiger partial charge < -0.3 is 5.11 Å². The third-order valence-electron chi connectivity index (χ3n) is 9.16. The highest BCUT2D eigenvalue weighted by atomic mass is 16.4. The van der Waals surface area contributed by atoms with Gasteiger partial charge in [-0.25, -0.2) is 0 Å². The lowest BCUT2D eigenvalue weighted by Gasteiger charge is -2.12. The number of hydrogen-bond donors (Lipinski definition) is 1. The van der Waals surface area contributed by atoms with Gasteiger partial charge in [-0.2, -0.15) is 0 Å². The Morgan fingerprint density at radius 1 is 0.350 bits per heavy atom. The number of carboxylic acids is 1. The van der Waals surface area contributed by atoms with E-state index in [0.717, 1.165) is 25.7 Å². The molecule has 0 saturated carbocycles. The summed E-state index contributed by atoms with van der Waals surface area (Å²) in [5.74, 6) is -0.653. The van der Waals surface area contributed by atoms with Crippen molar-refractivity contribution in [2.24, 2.45) is 5.92 Å². The van der Waals surface area contributed by atoms with Crippen LogP contribution in [0.1, 0.15) is 232 Å². The monoisotopic (exact) mass is 565 g/mol. The zero-order valence-electron chi connectivity index (χ0n) is 28.0. The fourth-order valence-corrected chi connectivity index (χ4v) is 6.27. The van der Waals surface area contributed by atoms with Gasteiger partial charge in [0, 0.05) is 0 Å². The third-order valence-corrected chi connectivity index (χ3v) is 9.16. The van der Waals surface area contributed by atoms with E-state index in [-0.39, 0.29) is 5.92 Å². The van der Waals surface area contributed by atoms with E-state index < -0.39 is 5.97 Å². The lowest BCUT2D eigenvalue weighted by molar-refractivity contribution is -0.142. The molecule has 1 unspecified atom stereocenters. The van der Waals surface area contributed by atoms with Crippen molar-refractivity contribution in [1.82, 2.24) is 0 Å². The van der Waals surface area contributed by atoms with Gasteiger partial charge in [0.1, 0.15) is 0 Å². The summed E-state index contributed by atoms with van der Waals surface area (Å²) >= 11 is 0. The van der Waals surface area contributed by atoms with E-state index >= 15 is 0 Å². The number of hydrogen-bond acceptors (Lipinski definition) is 1. The first-order valence-corrected chi connectivity index (χ1v) is 18.9. The second-order valence-corrected chi connectivity index (χ2v) is 13.2. The zero-order chi connectivity index (χ0) is 29.2. The predicted octanol–water partition coefficient (Wildman–Crippen LogP) is 14.0. The van der Waals surface area contributed by atoms with Crippen molar-refractivity contribution in [1.29, 1.82) is 0 Å². The highest BCUT2D eigenvalue weighted by Crippen LogP contribution is 2.20. The third kappa shape index (κ3) is 32.0. The smallest absolute Gasteiger partial charge is 0.306 e. The summed E-state index contributed by atoms with van der Waals surface area (Å²) in [6, 6.07) is 0. The second-order valence-electron chi connectivity index (χ2n) is 13.2. The molecule has 0 radical (unpaired) electrons. The van der Waals surface area contributed by atoms with Crippen LogP contribution in [0.15, 0.2) is 0 Å². The van der Waals surface area contributed by atoms with Crippen molar-refractivity contribution in [3.8, 4) is 0 Å². The highest BCUT2D eigenvalue weighted by molar-refractivity contribution is 5.69. The maximum Gasteiger partial charge on any atom is 0.306 e. The van der Waals surface area contributed by atoms with Gasteiger partial charge in [-0.15, -0.1) is 0 Å². The number of carboxylic acid groups (broad SMARTS) is 1. The van der Waals surface area contributed by atoms with Crippen molar-refractivity contribution < 1.29 is 9.90 Å².